The summed E-state index contributed by atoms with van der Waals surface area (Å²) in [5.74, 6) is -0.314. The lowest BCUT2D eigenvalue weighted by molar-refractivity contribution is -0.141. The van der Waals surface area contributed by atoms with Gasteiger partial charge in [0, 0.05) is 44.8 Å². The van der Waals surface area contributed by atoms with Gasteiger partial charge in [0.05, 0.1) is 24.1 Å². The Labute approximate surface area is 181 Å². The van der Waals surface area contributed by atoms with Crippen molar-refractivity contribution >= 4 is 29.1 Å². The topological polar surface area (TPSA) is 67.1 Å². The molecule has 2 heterocycles. The van der Waals surface area contributed by atoms with Gasteiger partial charge in [0.2, 0.25) is 5.91 Å². The van der Waals surface area contributed by atoms with E-state index in [9.17, 15) is 9.59 Å². The first-order valence-electron chi connectivity index (χ1n) is 9.98. The SMILES string of the molecule is CCC(=O)N(CCOC)CC(=O)N1N=C(c2cccn2C)CC1c1ccc(Cl)cc1. The number of hydrogen-bond acceptors (Lipinski definition) is 4. The fourth-order valence-electron chi connectivity index (χ4n) is 3.55. The molecule has 0 saturated carbocycles. The zero-order chi connectivity index (χ0) is 21.7. The van der Waals surface area contributed by atoms with Crippen LogP contribution in [0.5, 0.6) is 0 Å². The van der Waals surface area contributed by atoms with Crippen molar-refractivity contribution in [3.8, 4) is 0 Å². The summed E-state index contributed by atoms with van der Waals surface area (Å²) in [6, 6.07) is 11.1. The van der Waals surface area contributed by atoms with E-state index < -0.39 is 0 Å². The summed E-state index contributed by atoms with van der Waals surface area (Å²) in [4.78, 5) is 27.1. The Morgan fingerprint density at radius 1 is 1.27 bits per heavy atom. The van der Waals surface area contributed by atoms with Gasteiger partial charge in [-0.15, -0.1) is 0 Å². The largest absolute Gasteiger partial charge is 0.383 e. The van der Waals surface area contributed by atoms with E-state index in [-0.39, 0.29) is 24.4 Å². The molecule has 2 amide bonds. The van der Waals surface area contributed by atoms with Gasteiger partial charge in [0.1, 0.15) is 6.54 Å². The van der Waals surface area contributed by atoms with Crippen molar-refractivity contribution < 1.29 is 14.3 Å². The van der Waals surface area contributed by atoms with Crippen molar-refractivity contribution in [1.29, 1.82) is 0 Å². The number of hydrogen-bond donors (Lipinski definition) is 0. The van der Waals surface area contributed by atoms with Crippen molar-refractivity contribution in [2.75, 3.05) is 26.8 Å². The molecule has 0 saturated heterocycles. The fraction of sp³-hybridized carbons (Fsp3) is 0.409. The summed E-state index contributed by atoms with van der Waals surface area (Å²) in [5.41, 5.74) is 2.75. The molecule has 7 nitrogen and oxygen atoms in total. The number of amides is 2. The maximum atomic E-state index is 13.2. The number of halogens is 1. The van der Waals surface area contributed by atoms with Gasteiger partial charge >= 0.3 is 0 Å². The highest BCUT2D eigenvalue weighted by Gasteiger charge is 2.34. The minimum absolute atomic E-state index is 0.0377. The molecule has 0 N–H and O–H groups in total. The van der Waals surface area contributed by atoms with Crippen LogP contribution in [0.2, 0.25) is 5.02 Å². The summed E-state index contributed by atoms with van der Waals surface area (Å²) in [6.45, 7) is 2.48. The molecule has 0 spiro atoms. The molecule has 8 heteroatoms. The van der Waals surface area contributed by atoms with Crippen LogP contribution < -0.4 is 0 Å². The first-order chi connectivity index (χ1) is 14.4. The highest BCUT2D eigenvalue weighted by atomic mass is 35.5. The summed E-state index contributed by atoms with van der Waals surface area (Å²) >= 11 is 6.05. The molecule has 0 fully saturated rings. The van der Waals surface area contributed by atoms with Crippen molar-refractivity contribution in [2.45, 2.75) is 25.8 Å². The molecule has 3 rings (SSSR count). The summed E-state index contributed by atoms with van der Waals surface area (Å²) in [7, 11) is 3.52. The number of carbonyl (C=O) groups is 2. The van der Waals surface area contributed by atoms with Crippen molar-refractivity contribution in [2.24, 2.45) is 12.1 Å². The number of benzene rings is 1. The number of rotatable bonds is 8. The van der Waals surface area contributed by atoms with Gasteiger partial charge in [-0.05, 0) is 29.8 Å². The Balaban J connectivity index is 1.88. The van der Waals surface area contributed by atoms with Crippen molar-refractivity contribution in [1.82, 2.24) is 14.5 Å². The third kappa shape index (κ3) is 4.91. The van der Waals surface area contributed by atoms with E-state index in [0.717, 1.165) is 17.0 Å². The van der Waals surface area contributed by atoms with Gasteiger partial charge in [-0.3, -0.25) is 9.59 Å². The van der Waals surface area contributed by atoms with Crippen LogP contribution in [0, 0.1) is 0 Å². The lowest BCUT2D eigenvalue weighted by Gasteiger charge is -2.26. The normalized spacial score (nSPS) is 15.9. The van der Waals surface area contributed by atoms with E-state index in [2.05, 4.69) is 5.10 Å². The fourth-order valence-corrected chi connectivity index (χ4v) is 3.68. The Morgan fingerprint density at radius 3 is 2.60 bits per heavy atom. The molecule has 30 heavy (non-hydrogen) atoms. The average molecular weight is 431 g/mol. The van der Waals surface area contributed by atoms with E-state index in [1.807, 2.05) is 54.2 Å². The molecule has 0 radical (unpaired) electrons. The molecule has 2 aromatic rings. The highest BCUT2D eigenvalue weighted by molar-refractivity contribution is 6.30. The molecule has 1 aliphatic heterocycles. The standard InChI is InChI=1S/C22H27ClN4O3/c1-4-21(28)26(12-13-30-3)15-22(29)27-20(16-7-9-17(23)10-8-16)14-18(24-27)19-6-5-11-25(19)2/h5-11,20H,4,12-15H2,1-3H3. The number of ether oxygens (including phenoxy) is 1. The quantitative estimate of drug-likeness (QED) is 0.645. The van der Waals surface area contributed by atoms with Crippen LogP contribution in [0.4, 0.5) is 0 Å². The average Bonchev–Trinajstić information content (AvgIpc) is 3.37. The third-order valence-corrected chi connectivity index (χ3v) is 5.46. The second-order valence-corrected chi connectivity index (χ2v) is 7.66. The lowest BCUT2D eigenvalue weighted by atomic mass is 10.0. The first kappa shape index (κ1) is 22.1. The Morgan fingerprint density at radius 2 is 2.00 bits per heavy atom. The highest BCUT2D eigenvalue weighted by Crippen LogP contribution is 2.33. The number of nitrogens with zero attached hydrogens (tertiary/aromatic N) is 4. The molecular formula is C22H27ClN4O3. The summed E-state index contributed by atoms with van der Waals surface area (Å²) < 4.78 is 7.08. The number of carbonyl (C=O) groups excluding carboxylic acids is 2. The van der Waals surface area contributed by atoms with Crippen LogP contribution in [0.3, 0.4) is 0 Å². The van der Waals surface area contributed by atoms with Crippen LogP contribution in [0.15, 0.2) is 47.7 Å². The predicted molar refractivity (Wildman–Crippen MR) is 116 cm³/mol. The van der Waals surface area contributed by atoms with E-state index in [1.54, 1.807) is 14.0 Å². The van der Waals surface area contributed by atoms with Crippen LogP contribution in [0.1, 0.15) is 37.1 Å². The predicted octanol–water partition coefficient (Wildman–Crippen LogP) is 3.24. The van der Waals surface area contributed by atoms with E-state index in [1.165, 1.54) is 9.91 Å². The molecule has 0 aliphatic carbocycles. The minimum Gasteiger partial charge on any atom is -0.383 e. The summed E-state index contributed by atoms with van der Waals surface area (Å²) in [5, 5.41) is 6.81. The van der Waals surface area contributed by atoms with Crippen LogP contribution in [-0.4, -0.2) is 58.8 Å². The molecule has 160 valence electrons. The van der Waals surface area contributed by atoms with Crippen molar-refractivity contribution in [3.63, 3.8) is 0 Å². The maximum absolute atomic E-state index is 13.2. The molecule has 1 atom stereocenters. The Hall–Kier alpha value is -2.64. The molecule has 1 aliphatic rings. The Bertz CT molecular complexity index is 923. The van der Waals surface area contributed by atoms with Gasteiger partial charge in [0.25, 0.3) is 5.91 Å². The van der Waals surface area contributed by atoms with Gasteiger partial charge in [-0.25, -0.2) is 5.01 Å². The van der Waals surface area contributed by atoms with E-state index in [0.29, 0.717) is 31.0 Å². The molecule has 1 aromatic carbocycles. The smallest absolute Gasteiger partial charge is 0.262 e. The number of aryl methyl sites for hydroxylation is 1. The molecular weight excluding hydrogens is 404 g/mol. The molecule has 0 bridgehead atoms. The second-order valence-electron chi connectivity index (χ2n) is 7.22. The number of hydrazone groups is 1. The third-order valence-electron chi connectivity index (χ3n) is 5.21. The maximum Gasteiger partial charge on any atom is 0.262 e. The minimum atomic E-state index is -0.249. The first-order valence-corrected chi connectivity index (χ1v) is 10.4. The van der Waals surface area contributed by atoms with Gasteiger partial charge < -0.3 is 14.2 Å². The van der Waals surface area contributed by atoms with Crippen molar-refractivity contribution in [3.05, 3.63) is 58.9 Å². The van der Waals surface area contributed by atoms with Gasteiger partial charge in [-0.1, -0.05) is 30.7 Å². The van der Waals surface area contributed by atoms with Crippen LogP contribution >= 0.6 is 11.6 Å². The second kappa shape index (κ2) is 9.91. The zero-order valence-electron chi connectivity index (χ0n) is 17.5. The van der Waals surface area contributed by atoms with Crippen LogP contribution in [0.25, 0.3) is 0 Å². The van der Waals surface area contributed by atoms with Gasteiger partial charge in [0.15, 0.2) is 0 Å². The van der Waals surface area contributed by atoms with E-state index in [4.69, 9.17) is 16.3 Å². The lowest BCUT2D eigenvalue weighted by Crippen LogP contribution is -2.42. The Kier molecular flexibility index (Phi) is 7.29. The molecule has 1 unspecified atom stereocenters. The number of methoxy groups -OCH3 is 1. The molecule has 1 aromatic heterocycles. The number of aromatic nitrogens is 1. The van der Waals surface area contributed by atoms with Crippen LogP contribution in [-0.2, 0) is 21.4 Å². The summed E-state index contributed by atoms with van der Waals surface area (Å²) in [6.07, 6.45) is 2.87. The van der Waals surface area contributed by atoms with E-state index >= 15 is 0 Å². The zero-order valence-corrected chi connectivity index (χ0v) is 18.3. The van der Waals surface area contributed by atoms with Gasteiger partial charge in [-0.2, -0.15) is 5.10 Å². The monoisotopic (exact) mass is 430 g/mol.